The summed E-state index contributed by atoms with van der Waals surface area (Å²) < 4.78 is 0. The van der Waals surface area contributed by atoms with Gasteiger partial charge in [-0.25, -0.2) is 0 Å². The summed E-state index contributed by atoms with van der Waals surface area (Å²) in [5.74, 6) is 0.160. The van der Waals surface area contributed by atoms with Crippen molar-refractivity contribution in [2.75, 3.05) is 24.5 Å². The number of carbonyl (C=O) groups excluding carboxylic acids is 3. The molecule has 3 amide bonds. The van der Waals surface area contributed by atoms with E-state index in [4.69, 9.17) is 0 Å². The Morgan fingerprint density at radius 2 is 1.62 bits per heavy atom. The molecule has 0 unspecified atom stereocenters. The zero-order valence-corrected chi connectivity index (χ0v) is 19.2. The first-order chi connectivity index (χ1) is 16.6. The van der Waals surface area contributed by atoms with Crippen LogP contribution in [0.4, 0.5) is 5.69 Å². The number of piperidine rings is 1. The molecule has 3 aromatic carbocycles. The molecule has 0 saturated carbocycles. The van der Waals surface area contributed by atoms with Crippen LogP contribution in [0.1, 0.15) is 41.6 Å². The summed E-state index contributed by atoms with van der Waals surface area (Å²) >= 11 is 0. The normalized spacial score (nSPS) is 16.8. The van der Waals surface area contributed by atoms with Gasteiger partial charge in [0.2, 0.25) is 11.8 Å². The monoisotopic (exact) mass is 455 g/mol. The van der Waals surface area contributed by atoms with Gasteiger partial charge in [0.15, 0.2) is 0 Å². The van der Waals surface area contributed by atoms with Gasteiger partial charge in [-0.1, -0.05) is 48.5 Å². The van der Waals surface area contributed by atoms with Crippen LogP contribution < -0.4 is 10.2 Å². The zero-order valence-electron chi connectivity index (χ0n) is 19.2. The predicted molar refractivity (Wildman–Crippen MR) is 132 cm³/mol. The molecule has 2 saturated heterocycles. The molecule has 1 N–H and O–H groups in total. The van der Waals surface area contributed by atoms with Crippen LogP contribution in [0, 0.1) is 5.92 Å². The molecular weight excluding hydrogens is 426 g/mol. The highest BCUT2D eigenvalue weighted by Gasteiger charge is 2.28. The van der Waals surface area contributed by atoms with Crippen molar-refractivity contribution in [2.45, 2.75) is 32.2 Å². The maximum absolute atomic E-state index is 13.1. The second-order valence-electron chi connectivity index (χ2n) is 9.13. The molecule has 0 aromatic heterocycles. The van der Waals surface area contributed by atoms with Crippen LogP contribution in [0.25, 0.3) is 10.8 Å². The molecule has 174 valence electrons. The third-order valence-electron chi connectivity index (χ3n) is 6.96. The highest BCUT2D eigenvalue weighted by atomic mass is 16.2. The number of nitrogens with zero attached hydrogens (tertiary/aromatic N) is 2. The van der Waals surface area contributed by atoms with Gasteiger partial charge in [-0.2, -0.15) is 0 Å². The van der Waals surface area contributed by atoms with Crippen LogP contribution in [-0.2, 0) is 16.1 Å². The molecule has 0 aliphatic carbocycles. The predicted octanol–water partition coefficient (Wildman–Crippen LogP) is 4.14. The Balaban J connectivity index is 1.13. The van der Waals surface area contributed by atoms with Crippen molar-refractivity contribution < 1.29 is 14.4 Å². The lowest BCUT2D eigenvalue weighted by Gasteiger charge is -2.31. The number of likely N-dealkylation sites (tertiary alicyclic amines) is 1. The average molecular weight is 456 g/mol. The second kappa shape index (κ2) is 9.67. The fourth-order valence-corrected chi connectivity index (χ4v) is 4.98. The van der Waals surface area contributed by atoms with E-state index < -0.39 is 0 Å². The first-order valence-corrected chi connectivity index (χ1v) is 12.0. The standard InChI is InChI=1S/C28H29N3O3/c32-26-9-4-16-31(26)23-12-10-20(11-13-23)19-29-27(33)22-14-17-30(18-15-22)28(34)25-8-3-6-21-5-1-2-7-24(21)25/h1-3,5-8,10-13,22H,4,9,14-19H2,(H,29,33). The van der Waals surface area contributed by atoms with E-state index in [1.54, 1.807) is 0 Å². The summed E-state index contributed by atoms with van der Waals surface area (Å²) in [7, 11) is 0. The lowest BCUT2D eigenvalue weighted by Crippen LogP contribution is -2.43. The van der Waals surface area contributed by atoms with E-state index in [1.807, 2.05) is 76.5 Å². The fraction of sp³-hybridized carbons (Fsp3) is 0.321. The van der Waals surface area contributed by atoms with Gasteiger partial charge in [-0.3, -0.25) is 14.4 Å². The SMILES string of the molecule is O=C(NCc1ccc(N2CCCC2=O)cc1)C1CCN(C(=O)c2cccc3ccccc23)CC1. The Morgan fingerprint density at radius 3 is 2.35 bits per heavy atom. The van der Waals surface area contributed by atoms with E-state index in [2.05, 4.69) is 5.32 Å². The van der Waals surface area contributed by atoms with Crippen LogP contribution in [0.5, 0.6) is 0 Å². The van der Waals surface area contributed by atoms with Crippen molar-refractivity contribution in [3.05, 3.63) is 77.9 Å². The number of hydrogen-bond donors (Lipinski definition) is 1. The molecular formula is C28H29N3O3. The minimum Gasteiger partial charge on any atom is -0.352 e. The first-order valence-electron chi connectivity index (χ1n) is 12.0. The maximum atomic E-state index is 13.1. The molecule has 6 heteroatoms. The molecule has 34 heavy (non-hydrogen) atoms. The van der Waals surface area contributed by atoms with Crippen molar-refractivity contribution in [3.63, 3.8) is 0 Å². The van der Waals surface area contributed by atoms with E-state index in [9.17, 15) is 14.4 Å². The molecule has 0 spiro atoms. The minimum atomic E-state index is -0.0851. The van der Waals surface area contributed by atoms with Crippen molar-refractivity contribution in [1.29, 1.82) is 0 Å². The van der Waals surface area contributed by atoms with Crippen LogP contribution in [0.3, 0.4) is 0 Å². The van der Waals surface area contributed by atoms with Crippen LogP contribution in [-0.4, -0.2) is 42.3 Å². The van der Waals surface area contributed by atoms with Crippen molar-refractivity contribution in [2.24, 2.45) is 5.92 Å². The van der Waals surface area contributed by atoms with Gasteiger partial charge >= 0.3 is 0 Å². The minimum absolute atomic E-state index is 0.0345. The van der Waals surface area contributed by atoms with Crippen molar-refractivity contribution >= 4 is 34.2 Å². The third-order valence-corrected chi connectivity index (χ3v) is 6.96. The average Bonchev–Trinajstić information content (AvgIpc) is 3.32. The van der Waals surface area contributed by atoms with Crippen LogP contribution in [0.2, 0.25) is 0 Å². The summed E-state index contributed by atoms with van der Waals surface area (Å²) in [5, 5.41) is 5.07. The molecule has 0 bridgehead atoms. The number of amides is 3. The molecule has 2 aliphatic heterocycles. The maximum Gasteiger partial charge on any atom is 0.254 e. The molecule has 2 fully saturated rings. The Kier molecular flexibility index (Phi) is 6.30. The topological polar surface area (TPSA) is 69.7 Å². The molecule has 2 aliphatic rings. The van der Waals surface area contributed by atoms with Gasteiger partial charge in [0.25, 0.3) is 5.91 Å². The number of rotatable bonds is 5. The molecule has 6 nitrogen and oxygen atoms in total. The van der Waals surface area contributed by atoms with Gasteiger partial charge in [0, 0.05) is 49.8 Å². The molecule has 2 heterocycles. The summed E-state index contributed by atoms with van der Waals surface area (Å²) in [6.07, 6.45) is 2.85. The largest absolute Gasteiger partial charge is 0.352 e. The lowest BCUT2D eigenvalue weighted by atomic mass is 9.94. The van der Waals surface area contributed by atoms with Gasteiger partial charge < -0.3 is 15.1 Å². The Bertz CT molecular complexity index is 1210. The summed E-state index contributed by atoms with van der Waals surface area (Å²) in [6.45, 7) is 2.40. The van der Waals surface area contributed by atoms with Gasteiger partial charge in [-0.05, 0) is 53.8 Å². The fourth-order valence-electron chi connectivity index (χ4n) is 4.98. The molecule has 0 radical (unpaired) electrons. The number of carbonyl (C=O) groups is 3. The smallest absolute Gasteiger partial charge is 0.254 e. The van der Waals surface area contributed by atoms with Gasteiger partial charge in [0.1, 0.15) is 0 Å². The Labute approximate surface area is 199 Å². The van der Waals surface area contributed by atoms with E-state index in [0.717, 1.165) is 40.6 Å². The molecule has 3 aromatic rings. The quantitative estimate of drug-likeness (QED) is 0.629. The van der Waals surface area contributed by atoms with E-state index in [0.29, 0.717) is 38.9 Å². The summed E-state index contributed by atoms with van der Waals surface area (Å²) in [6, 6.07) is 21.6. The van der Waals surface area contributed by atoms with Gasteiger partial charge in [0.05, 0.1) is 0 Å². The molecule has 5 rings (SSSR count). The summed E-state index contributed by atoms with van der Waals surface area (Å²) in [4.78, 5) is 41.5. The molecule has 0 atom stereocenters. The van der Waals surface area contributed by atoms with Crippen LogP contribution in [0.15, 0.2) is 66.7 Å². The Morgan fingerprint density at radius 1 is 0.882 bits per heavy atom. The zero-order chi connectivity index (χ0) is 23.5. The first kappa shape index (κ1) is 22.1. The summed E-state index contributed by atoms with van der Waals surface area (Å²) in [5.41, 5.74) is 2.65. The Hall–Kier alpha value is -3.67. The van der Waals surface area contributed by atoms with E-state index in [-0.39, 0.29) is 23.6 Å². The number of anilines is 1. The number of benzene rings is 3. The highest BCUT2D eigenvalue weighted by molar-refractivity contribution is 6.07. The highest BCUT2D eigenvalue weighted by Crippen LogP contribution is 2.24. The number of hydrogen-bond acceptors (Lipinski definition) is 3. The van der Waals surface area contributed by atoms with E-state index >= 15 is 0 Å². The number of fused-ring (bicyclic) bond motifs is 1. The van der Waals surface area contributed by atoms with Crippen LogP contribution >= 0.6 is 0 Å². The van der Waals surface area contributed by atoms with Crippen molar-refractivity contribution in [3.8, 4) is 0 Å². The van der Waals surface area contributed by atoms with Crippen molar-refractivity contribution in [1.82, 2.24) is 10.2 Å². The second-order valence-corrected chi connectivity index (χ2v) is 9.13. The van der Waals surface area contributed by atoms with E-state index in [1.165, 1.54) is 0 Å². The number of nitrogens with one attached hydrogen (secondary N) is 1. The lowest BCUT2D eigenvalue weighted by molar-refractivity contribution is -0.126. The third kappa shape index (κ3) is 4.53. The van der Waals surface area contributed by atoms with Gasteiger partial charge in [-0.15, -0.1) is 0 Å².